The molecule has 4 rings (SSSR count). The number of carbonyl (C=O) groups excluding carboxylic acids is 1. The van der Waals surface area contributed by atoms with Crippen molar-refractivity contribution in [3.05, 3.63) is 88.4 Å². The Kier molecular flexibility index (Phi) is 6.51. The van der Waals surface area contributed by atoms with Gasteiger partial charge in [-0.2, -0.15) is 16.3 Å². The predicted octanol–water partition coefficient (Wildman–Crippen LogP) is 4.63. The van der Waals surface area contributed by atoms with Gasteiger partial charge in [-0.25, -0.2) is 0 Å². The summed E-state index contributed by atoms with van der Waals surface area (Å²) in [5.74, 6) is 1.69. The highest BCUT2D eigenvalue weighted by Gasteiger charge is 2.11. The number of rotatable bonds is 9. The number of para-hydroxylation sites is 1. The van der Waals surface area contributed by atoms with Crippen molar-refractivity contribution in [2.24, 2.45) is 0 Å². The van der Waals surface area contributed by atoms with E-state index in [1.165, 1.54) is 0 Å². The fraction of sp³-hybridized carbons (Fsp3) is 0.174. The van der Waals surface area contributed by atoms with E-state index in [2.05, 4.69) is 15.5 Å². The molecule has 1 N–H and O–H groups in total. The van der Waals surface area contributed by atoms with E-state index in [0.717, 1.165) is 22.4 Å². The van der Waals surface area contributed by atoms with Crippen LogP contribution in [0.2, 0.25) is 0 Å². The van der Waals surface area contributed by atoms with Crippen LogP contribution in [0.3, 0.4) is 0 Å². The van der Waals surface area contributed by atoms with Gasteiger partial charge in [0, 0.05) is 35.9 Å². The molecule has 2 aromatic heterocycles. The molecule has 6 nitrogen and oxygen atoms in total. The quantitative estimate of drug-likeness (QED) is 0.428. The normalized spacial score (nSPS) is 10.7. The molecule has 0 aliphatic rings. The molecule has 1 amide bonds. The molecular formula is C23H21N3O3S. The fourth-order valence-corrected chi connectivity index (χ4v) is 3.53. The molecule has 0 bridgehead atoms. The molecule has 0 radical (unpaired) electrons. The lowest BCUT2D eigenvalue weighted by molar-refractivity contribution is -0.121. The third-order valence-electron chi connectivity index (χ3n) is 4.50. The first-order chi connectivity index (χ1) is 14.8. The maximum Gasteiger partial charge on any atom is 0.227 e. The summed E-state index contributed by atoms with van der Waals surface area (Å²) in [6.07, 6.45) is 0.674. The average Bonchev–Trinajstić information content (AvgIpc) is 3.48. The van der Waals surface area contributed by atoms with Crippen LogP contribution in [0.25, 0.3) is 11.4 Å². The van der Waals surface area contributed by atoms with Gasteiger partial charge in [0.25, 0.3) is 0 Å². The minimum atomic E-state index is -0.0804. The highest BCUT2D eigenvalue weighted by Crippen LogP contribution is 2.20. The highest BCUT2D eigenvalue weighted by atomic mass is 32.1. The number of thiophene rings is 1. The van der Waals surface area contributed by atoms with Crippen LogP contribution in [-0.2, 0) is 24.4 Å². The van der Waals surface area contributed by atoms with Crippen LogP contribution in [0.5, 0.6) is 5.75 Å². The van der Waals surface area contributed by atoms with Crippen LogP contribution in [0, 0.1) is 0 Å². The maximum atomic E-state index is 12.3. The molecule has 0 aliphatic heterocycles. The molecule has 0 unspecified atom stereocenters. The topological polar surface area (TPSA) is 77.2 Å². The molecule has 0 fully saturated rings. The zero-order valence-electron chi connectivity index (χ0n) is 16.3. The summed E-state index contributed by atoms with van der Waals surface area (Å²) < 4.78 is 11.2. The van der Waals surface area contributed by atoms with Crippen molar-refractivity contribution in [1.82, 2.24) is 15.5 Å². The molecule has 2 aromatic carbocycles. The summed E-state index contributed by atoms with van der Waals surface area (Å²) in [7, 11) is 0. The third-order valence-corrected chi connectivity index (χ3v) is 5.18. The molecule has 2 heterocycles. The van der Waals surface area contributed by atoms with Crippen LogP contribution < -0.4 is 10.1 Å². The van der Waals surface area contributed by atoms with Crippen molar-refractivity contribution in [1.29, 1.82) is 0 Å². The standard InChI is InChI=1S/C23H21N3O3S/c27-21(10-11-22-25-23(26-29-22)19-12-13-30-16-19)24-14-18-8-4-5-9-20(18)28-15-17-6-2-1-3-7-17/h1-9,12-13,16H,10-11,14-15H2,(H,24,27). The zero-order valence-corrected chi connectivity index (χ0v) is 17.1. The van der Waals surface area contributed by atoms with Gasteiger partial charge in [0.2, 0.25) is 17.6 Å². The third kappa shape index (κ3) is 5.33. The molecule has 7 heteroatoms. The first kappa shape index (κ1) is 19.8. The van der Waals surface area contributed by atoms with Gasteiger partial charge in [-0.15, -0.1) is 0 Å². The van der Waals surface area contributed by atoms with Crippen molar-refractivity contribution in [2.75, 3.05) is 0 Å². The van der Waals surface area contributed by atoms with Crippen molar-refractivity contribution in [2.45, 2.75) is 26.0 Å². The minimum absolute atomic E-state index is 0.0804. The van der Waals surface area contributed by atoms with E-state index in [0.29, 0.717) is 31.3 Å². The van der Waals surface area contributed by atoms with Gasteiger partial charge in [0.1, 0.15) is 12.4 Å². The van der Waals surface area contributed by atoms with Crippen LogP contribution in [0.4, 0.5) is 0 Å². The largest absolute Gasteiger partial charge is 0.489 e. The number of nitrogens with zero attached hydrogens (tertiary/aromatic N) is 2. The lowest BCUT2D eigenvalue weighted by atomic mass is 10.2. The van der Waals surface area contributed by atoms with Crippen LogP contribution in [0.15, 0.2) is 75.9 Å². The molecule has 30 heavy (non-hydrogen) atoms. The fourth-order valence-electron chi connectivity index (χ4n) is 2.89. The second-order valence-electron chi connectivity index (χ2n) is 6.68. The molecule has 4 aromatic rings. The van der Waals surface area contributed by atoms with Crippen molar-refractivity contribution in [3.8, 4) is 17.1 Å². The summed E-state index contributed by atoms with van der Waals surface area (Å²) in [4.78, 5) is 16.6. The van der Waals surface area contributed by atoms with Gasteiger partial charge in [-0.1, -0.05) is 53.7 Å². The Bertz CT molecular complexity index is 1080. The molecule has 0 atom stereocenters. The first-order valence-corrected chi connectivity index (χ1v) is 10.6. The molecule has 152 valence electrons. The minimum Gasteiger partial charge on any atom is -0.489 e. The number of hydrogen-bond donors (Lipinski definition) is 1. The molecule has 0 saturated carbocycles. The van der Waals surface area contributed by atoms with E-state index >= 15 is 0 Å². The number of aromatic nitrogens is 2. The van der Waals surface area contributed by atoms with E-state index in [9.17, 15) is 4.79 Å². The number of amides is 1. The van der Waals surface area contributed by atoms with Gasteiger partial charge in [0.05, 0.1) is 0 Å². The monoisotopic (exact) mass is 419 g/mol. The van der Waals surface area contributed by atoms with Gasteiger partial charge in [0.15, 0.2) is 0 Å². The highest BCUT2D eigenvalue weighted by molar-refractivity contribution is 7.08. The Balaban J connectivity index is 1.27. The smallest absolute Gasteiger partial charge is 0.227 e. The maximum absolute atomic E-state index is 12.3. The van der Waals surface area contributed by atoms with Crippen molar-refractivity contribution >= 4 is 17.2 Å². The molecule has 0 aliphatic carbocycles. The Hall–Kier alpha value is -3.45. The van der Waals surface area contributed by atoms with E-state index < -0.39 is 0 Å². The Morgan fingerprint density at radius 3 is 2.73 bits per heavy atom. The van der Waals surface area contributed by atoms with E-state index in [-0.39, 0.29) is 12.3 Å². The van der Waals surface area contributed by atoms with Gasteiger partial charge >= 0.3 is 0 Å². The Morgan fingerprint density at radius 2 is 1.90 bits per heavy atom. The summed E-state index contributed by atoms with van der Waals surface area (Å²) >= 11 is 1.57. The van der Waals surface area contributed by atoms with Crippen molar-refractivity contribution < 1.29 is 14.1 Å². The zero-order chi connectivity index (χ0) is 20.6. The summed E-state index contributed by atoms with van der Waals surface area (Å²) in [6, 6.07) is 19.6. The summed E-state index contributed by atoms with van der Waals surface area (Å²) in [5, 5.41) is 10.8. The van der Waals surface area contributed by atoms with E-state index in [1.54, 1.807) is 11.3 Å². The number of ether oxygens (including phenoxy) is 1. The number of aryl methyl sites for hydroxylation is 1. The predicted molar refractivity (Wildman–Crippen MR) is 115 cm³/mol. The van der Waals surface area contributed by atoms with Gasteiger partial charge < -0.3 is 14.6 Å². The SMILES string of the molecule is O=C(CCc1nc(-c2ccsc2)no1)NCc1ccccc1OCc1ccccc1. The van der Waals surface area contributed by atoms with Gasteiger partial charge in [-0.05, 0) is 23.1 Å². The number of nitrogens with one attached hydrogen (secondary N) is 1. The van der Waals surface area contributed by atoms with Crippen molar-refractivity contribution in [3.63, 3.8) is 0 Å². The van der Waals surface area contributed by atoms with E-state index in [4.69, 9.17) is 9.26 Å². The van der Waals surface area contributed by atoms with Crippen LogP contribution in [-0.4, -0.2) is 16.0 Å². The molecule has 0 saturated heterocycles. The van der Waals surface area contributed by atoms with E-state index in [1.807, 2.05) is 71.4 Å². The molecular weight excluding hydrogens is 398 g/mol. The van der Waals surface area contributed by atoms with Crippen LogP contribution in [0.1, 0.15) is 23.4 Å². The first-order valence-electron chi connectivity index (χ1n) is 9.64. The number of benzene rings is 2. The average molecular weight is 420 g/mol. The second kappa shape index (κ2) is 9.84. The Labute approximate surface area is 178 Å². The number of hydrogen-bond acceptors (Lipinski definition) is 6. The lowest BCUT2D eigenvalue weighted by Gasteiger charge is -2.12. The lowest BCUT2D eigenvalue weighted by Crippen LogP contribution is -2.23. The Morgan fingerprint density at radius 1 is 1.07 bits per heavy atom. The summed E-state index contributed by atoms with van der Waals surface area (Å²) in [6.45, 7) is 0.878. The second-order valence-corrected chi connectivity index (χ2v) is 7.46. The summed E-state index contributed by atoms with van der Waals surface area (Å²) in [5.41, 5.74) is 2.95. The van der Waals surface area contributed by atoms with Gasteiger partial charge in [-0.3, -0.25) is 4.79 Å². The molecule has 0 spiro atoms. The van der Waals surface area contributed by atoms with Crippen LogP contribution >= 0.6 is 11.3 Å². The number of carbonyl (C=O) groups is 1.